The number of nitrogens with zero attached hydrogens (tertiary/aromatic N) is 3. The second kappa shape index (κ2) is 10.3. The quantitative estimate of drug-likeness (QED) is 0.417. The summed E-state index contributed by atoms with van der Waals surface area (Å²) < 4.78 is 15.1. The van der Waals surface area contributed by atoms with Crippen molar-refractivity contribution < 1.29 is 14.0 Å². The third kappa shape index (κ3) is 5.30. The van der Waals surface area contributed by atoms with Crippen LogP contribution in [0.3, 0.4) is 0 Å². The van der Waals surface area contributed by atoms with Gasteiger partial charge in [-0.1, -0.05) is 24.3 Å². The minimum Gasteiger partial charge on any atom is -0.352 e. The molecule has 7 heteroatoms. The van der Waals surface area contributed by atoms with Gasteiger partial charge < -0.3 is 10.2 Å². The second-order valence-electron chi connectivity index (χ2n) is 9.52. The van der Waals surface area contributed by atoms with E-state index in [-0.39, 0.29) is 23.5 Å². The van der Waals surface area contributed by atoms with Gasteiger partial charge in [0.1, 0.15) is 12.1 Å². The number of fused-ring (bicyclic) bond motifs is 1. The van der Waals surface area contributed by atoms with Crippen molar-refractivity contribution in [3.8, 4) is 5.69 Å². The molecule has 5 rings (SSSR count). The molecule has 2 amide bonds. The zero-order chi connectivity index (χ0) is 25.1. The van der Waals surface area contributed by atoms with Crippen LogP contribution in [0.4, 0.5) is 4.39 Å². The van der Waals surface area contributed by atoms with Crippen LogP contribution in [0.25, 0.3) is 16.7 Å². The average Bonchev–Trinajstić information content (AvgIpc) is 3.31. The van der Waals surface area contributed by atoms with E-state index in [9.17, 15) is 14.0 Å². The van der Waals surface area contributed by atoms with Crippen molar-refractivity contribution in [1.82, 2.24) is 19.8 Å². The minimum absolute atomic E-state index is 0.0292. The Labute approximate surface area is 209 Å². The number of hydrogen-bond donors (Lipinski definition) is 1. The SMILES string of the molecule is Cc1cccc(-n2cnc3cc(C(=O)N4CCCC(CC(=O)NCc5ccc(F)cc5)C4)ccc32)c1. The molecule has 1 aliphatic heterocycles. The second-order valence-corrected chi connectivity index (χ2v) is 9.52. The van der Waals surface area contributed by atoms with Gasteiger partial charge in [0.15, 0.2) is 0 Å². The van der Waals surface area contributed by atoms with Gasteiger partial charge in [0.2, 0.25) is 5.91 Å². The molecule has 6 nitrogen and oxygen atoms in total. The summed E-state index contributed by atoms with van der Waals surface area (Å²) in [7, 11) is 0. The molecule has 184 valence electrons. The van der Waals surface area contributed by atoms with E-state index in [2.05, 4.69) is 29.4 Å². The zero-order valence-electron chi connectivity index (χ0n) is 20.3. The topological polar surface area (TPSA) is 67.2 Å². The van der Waals surface area contributed by atoms with E-state index >= 15 is 0 Å². The summed E-state index contributed by atoms with van der Waals surface area (Å²) in [6.45, 7) is 3.66. The lowest BCUT2D eigenvalue weighted by molar-refractivity contribution is -0.122. The van der Waals surface area contributed by atoms with Gasteiger partial charge in [-0.3, -0.25) is 14.2 Å². The molecule has 1 saturated heterocycles. The maximum atomic E-state index is 13.3. The highest BCUT2D eigenvalue weighted by Crippen LogP contribution is 2.24. The number of piperidine rings is 1. The number of amides is 2. The molecule has 0 aliphatic carbocycles. The number of nitrogens with one attached hydrogen (secondary N) is 1. The van der Waals surface area contributed by atoms with Crippen LogP contribution in [0.15, 0.2) is 73.1 Å². The van der Waals surface area contributed by atoms with Gasteiger partial charge in [-0.15, -0.1) is 0 Å². The van der Waals surface area contributed by atoms with Crippen LogP contribution in [0, 0.1) is 18.7 Å². The number of halogens is 1. The van der Waals surface area contributed by atoms with Crippen molar-refractivity contribution in [2.24, 2.45) is 5.92 Å². The Morgan fingerprint density at radius 3 is 2.72 bits per heavy atom. The lowest BCUT2D eigenvalue weighted by Crippen LogP contribution is -2.41. The lowest BCUT2D eigenvalue weighted by Gasteiger charge is -2.32. The highest BCUT2D eigenvalue weighted by molar-refractivity contribution is 5.97. The summed E-state index contributed by atoms with van der Waals surface area (Å²) >= 11 is 0. The van der Waals surface area contributed by atoms with Crippen molar-refractivity contribution in [1.29, 1.82) is 0 Å². The Hall–Kier alpha value is -4.00. The molecule has 1 unspecified atom stereocenters. The predicted octanol–water partition coefficient (Wildman–Crippen LogP) is 5.03. The summed E-state index contributed by atoms with van der Waals surface area (Å²) in [6, 6.07) is 20.0. The summed E-state index contributed by atoms with van der Waals surface area (Å²) in [5, 5.41) is 2.91. The molecule has 1 aliphatic rings. The normalized spacial score (nSPS) is 15.7. The summed E-state index contributed by atoms with van der Waals surface area (Å²) in [5.74, 6) is -0.267. The van der Waals surface area contributed by atoms with Gasteiger partial charge in [-0.2, -0.15) is 0 Å². The molecular formula is C29H29FN4O2. The number of carbonyl (C=O) groups is 2. The summed E-state index contributed by atoms with van der Waals surface area (Å²) in [6.07, 6.45) is 3.93. The first-order valence-corrected chi connectivity index (χ1v) is 12.3. The van der Waals surface area contributed by atoms with Crippen LogP contribution in [0.1, 0.15) is 40.7 Å². The predicted molar refractivity (Wildman–Crippen MR) is 137 cm³/mol. The van der Waals surface area contributed by atoms with Crippen LogP contribution in [-0.2, 0) is 11.3 Å². The molecule has 1 fully saturated rings. The summed E-state index contributed by atoms with van der Waals surface area (Å²) in [5.41, 5.74) is 5.39. The van der Waals surface area contributed by atoms with E-state index < -0.39 is 0 Å². The summed E-state index contributed by atoms with van der Waals surface area (Å²) in [4.78, 5) is 32.2. The third-order valence-electron chi connectivity index (χ3n) is 6.76. The van der Waals surface area contributed by atoms with Crippen molar-refractivity contribution in [2.45, 2.75) is 32.7 Å². The molecule has 0 bridgehead atoms. The van der Waals surface area contributed by atoms with Gasteiger partial charge in [-0.25, -0.2) is 9.37 Å². The first kappa shape index (κ1) is 23.7. The number of imidazole rings is 1. The largest absolute Gasteiger partial charge is 0.352 e. The number of aromatic nitrogens is 2. The van der Waals surface area contributed by atoms with E-state index in [0.717, 1.165) is 35.1 Å². The Bertz CT molecular complexity index is 1400. The molecule has 1 aromatic heterocycles. The van der Waals surface area contributed by atoms with E-state index in [0.29, 0.717) is 31.6 Å². The highest BCUT2D eigenvalue weighted by atomic mass is 19.1. The van der Waals surface area contributed by atoms with E-state index in [1.807, 2.05) is 39.8 Å². The fourth-order valence-corrected chi connectivity index (χ4v) is 4.87. The van der Waals surface area contributed by atoms with Crippen LogP contribution >= 0.6 is 0 Å². The van der Waals surface area contributed by atoms with E-state index in [1.54, 1.807) is 18.5 Å². The minimum atomic E-state index is -0.296. The number of aryl methyl sites for hydroxylation is 1. The fraction of sp³-hybridized carbons (Fsp3) is 0.276. The Balaban J connectivity index is 1.22. The average molecular weight is 485 g/mol. The third-order valence-corrected chi connectivity index (χ3v) is 6.76. The number of hydrogen-bond acceptors (Lipinski definition) is 3. The smallest absolute Gasteiger partial charge is 0.253 e. The standard InChI is InChI=1S/C29H29FN4O2/c1-20-4-2-6-25(14-20)34-19-32-26-16-23(9-12-27(26)34)29(36)33-13-3-5-22(18-33)15-28(35)31-17-21-7-10-24(30)11-8-21/h2,4,6-12,14,16,19,22H,3,5,13,15,17-18H2,1H3,(H,31,35). The van der Waals surface area contributed by atoms with Gasteiger partial charge in [0.05, 0.1) is 11.0 Å². The van der Waals surface area contributed by atoms with E-state index in [1.165, 1.54) is 17.7 Å². The fourth-order valence-electron chi connectivity index (χ4n) is 4.87. The van der Waals surface area contributed by atoms with E-state index in [4.69, 9.17) is 0 Å². The molecule has 4 aromatic rings. The van der Waals surface area contributed by atoms with Gasteiger partial charge >= 0.3 is 0 Å². The molecule has 0 spiro atoms. The number of benzene rings is 3. The Kier molecular flexibility index (Phi) is 6.80. The number of carbonyl (C=O) groups excluding carboxylic acids is 2. The maximum Gasteiger partial charge on any atom is 0.253 e. The number of likely N-dealkylation sites (tertiary alicyclic amines) is 1. The van der Waals surface area contributed by atoms with Crippen LogP contribution in [0.5, 0.6) is 0 Å². The van der Waals surface area contributed by atoms with Crippen molar-refractivity contribution in [3.05, 3.63) is 95.6 Å². The Morgan fingerprint density at radius 2 is 1.92 bits per heavy atom. The van der Waals surface area contributed by atoms with Crippen LogP contribution in [0.2, 0.25) is 0 Å². The van der Waals surface area contributed by atoms with Gasteiger partial charge in [-0.05, 0) is 79.3 Å². The van der Waals surface area contributed by atoms with Crippen molar-refractivity contribution in [3.63, 3.8) is 0 Å². The molecule has 0 radical (unpaired) electrons. The van der Waals surface area contributed by atoms with Crippen LogP contribution < -0.4 is 5.32 Å². The highest BCUT2D eigenvalue weighted by Gasteiger charge is 2.26. The Morgan fingerprint density at radius 1 is 1.08 bits per heavy atom. The van der Waals surface area contributed by atoms with Crippen LogP contribution in [-0.4, -0.2) is 39.4 Å². The lowest BCUT2D eigenvalue weighted by atomic mass is 9.94. The molecular weight excluding hydrogens is 455 g/mol. The first-order chi connectivity index (χ1) is 17.5. The molecule has 0 saturated carbocycles. The van der Waals surface area contributed by atoms with Crippen molar-refractivity contribution in [2.75, 3.05) is 13.1 Å². The van der Waals surface area contributed by atoms with Gasteiger partial charge in [0, 0.05) is 37.3 Å². The van der Waals surface area contributed by atoms with Gasteiger partial charge in [0.25, 0.3) is 5.91 Å². The molecule has 1 N–H and O–H groups in total. The molecule has 2 heterocycles. The number of rotatable bonds is 6. The maximum absolute atomic E-state index is 13.3. The molecule has 36 heavy (non-hydrogen) atoms. The van der Waals surface area contributed by atoms with Crippen molar-refractivity contribution >= 4 is 22.8 Å². The monoisotopic (exact) mass is 484 g/mol. The molecule has 1 atom stereocenters. The zero-order valence-corrected chi connectivity index (χ0v) is 20.3. The molecule has 3 aromatic carbocycles. The first-order valence-electron chi connectivity index (χ1n) is 12.3.